The van der Waals surface area contributed by atoms with Crippen LogP contribution in [0.3, 0.4) is 0 Å². The highest BCUT2D eigenvalue weighted by molar-refractivity contribution is 5.86. The van der Waals surface area contributed by atoms with E-state index in [1.54, 1.807) is 6.07 Å². The third-order valence-corrected chi connectivity index (χ3v) is 8.02. The Hall–Kier alpha value is -1.57. The van der Waals surface area contributed by atoms with Gasteiger partial charge in [0, 0.05) is 42.9 Å². The van der Waals surface area contributed by atoms with Crippen LogP contribution in [-0.2, 0) is 17.3 Å². The maximum absolute atomic E-state index is 13.3. The third-order valence-electron chi connectivity index (χ3n) is 8.02. The van der Waals surface area contributed by atoms with E-state index in [0.717, 1.165) is 61.1 Å². The molecule has 2 aliphatic heterocycles. The maximum atomic E-state index is 13.3. The first-order valence-electron chi connectivity index (χ1n) is 11.5. The zero-order valence-corrected chi connectivity index (χ0v) is 18.0. The number of aliphatic hydroxyl groups is 1. The maximum Gasteiger partial charge on any atom is 0.416 e. The van der Waals surface area contributed by atoms with Crippen molar-refractivity contribution in [2.45, 2.75) is 56.7 Å². The molecular weight excluding hydrogens is 405 g/mol. The Labute approximate surface area is 180 Å². The third kappa shape index (κ3) is 4.00. The number of likely N-dealkylation sites (tertiary alicyclic amines) is 1. The summed E-state index contributed by atoms with van der Waals surface area (Å²) in [6.45, 7) is 6.27. The van der Waals surface area contributed by atoms with E-state index in [9.17, 15) is 18.3 Å². The Morgan fingerprint density at radius 1 is 1.26 bits per heavy atom. The van der Waals surface area contributed by atoms with Crippen molar-refractivity contribution >= 4 is 10.9 Å². The topological polar surface area (TPSA) is 48.5 Å². The van der Waals surface area contributed by atoms with Crippen molar-refractivity contribution in [2.24, 2.45) is 11.8 Å². The number of hydrogen-bond acceptors (Lipinski definition) is 3. The number of rotatable bonds is 3. The van der Waals surface area contributed by atoms with E-state index in [-0.39, 0.29) is 5.92 Å². The molecule has 1 aromatic carbocycles. The Kier molecular flexibility index (Phi) is 5.34. The van der Waals surface area contributed by atoms with Crippen molar-refractivity contribution in [3.63, 3.8) is 0 Å². The smallest absolute Gasteiger partial charge is 0.390 e. The molecule has 5 rings (SSSR count). The number of aromatic nitrogens is 1. The van der Waals surface area contributed by atoms with Crippen molar-refractivity contribution in [3.05, 3.63) is 35.0 Å². The number of alkyl halides is 3. The number of piperidine rings is 1. The Morgan fingerprint density at radius 2 is 2.03 bits per heavy atom. The van der Waals surface area contributed by atoms with Gasteiger partial charge in [0.05, 0.1) is 11.2 Å². The summed E-state index contributed by atoms with van der Waals surface area (Å²) in [6, 6.07) is 4.07. The first kappa shape index (κ1) is 21.3. The number of aromatic amines is 1. The molecule has 0 bridgehead atoms. The van der Waals surface area contributed by atoms with E-state index in [0.29, 0.717) is 37.9 Å². The number of fused-ring (bicyclic) bond motifs is 4. The van der Waals surface area contributed by atoms with Crippen LogP contribution in [0.15, 0.2) is 18.2 Å². The van der Waals surface area contributed by atoms with Crippen LogP contribution in [-0.4, -0.2) is 53.4 Å². The minimum Gasteiger partial charge on any atom is -0.390 e. The van der Waals surface area contributed by atoms with E-state index in [1.165, 1.54) is 12.1 Å². The van der Waals surface area contributed by atoms with Gasteiger partial charge in [-0.1, -0.05) is 6.92 Å². The molecule has 170 valence electrons. The normalized spacial score (nSPS) is 29.0. The monoisotopic (exact) mass is 436 g/mol. The van der Waals surface area contributed by atoms with Crippen molar-refractivity contribution < 1.29 is 23.0 Å². The zero-order valence-electron chi connectivity index (χ0n) is 18.0. The lowest BCUT2D eigenvalue weighted by Crippen LogP contribution is -2.47. The molecule has 1 aromatic heterocycles. The summed E-state index contributed by atoms with van der Waals surface area (Å²) in [7, 11) is 0. The molecule has 7 heteroatoms. The second-order valence-electron chi connectivity index (χ2n) is 9.87. The number of nitrogens with zero attached hydrogens (tertiary/aromatic N) is 1. The molecule has 1 aliphatic carbocycles. The highest BCUT2D eigenvalue weighted by Crippen LogP contribution is 2.47. The molecule has 0 saturated carbocycles. The molecular formula is C24H31F3N2O2. The Morgan fingerprint density at radius 3 is 2.77 bits per heavy atom. The van der Waals surface area contributed by atoms with Crippen LogP contribution in [0.1, 0.15) is 55.3 Å². The van der Waals surface area contributed by atoms with Gasteiger partial charge >= 0.3 is 6.18 Å². The molecule has 0 amide bonds. The lowest BCUT2D eigenvalue weighted by atomic mass is 9.68. The number of benzene rings is 1. The fourth-order valence-corrected chi connectivity index (χ4v) is 6.09. The summed E-state index contributed by atoms with van der Waals surface area (Å²) in [5.41, 5.74) is 1.80. The summed E-state index contributed by atoms with van der Waals surface area (Å²) in [5.74, 6) is 1.19. The van der Waals surface area contributed by atoms with E-state index in [4.69, 9.17) is 4.74 Å². The van der Waals surface area contributed by atoms with E-state index in [1.807, 2.05) is 0 Å². The van der Waals surface area contributed by atoms with Crippen LogP contribution in [0.2, 0.25) is 0 Å². The molecule has 3 atom stereocenters. The van der Waals surface area contributed by atoms with Gasteiger partial charge in [0.1, 0.15) is 0 Å². The standard InChI is InChI=1S/C24H31F3N2O2/c1-15-19-14-29(9-5-23(30)6-10-31-11-7-23)8-4-16(19)12-21-22(15)18-13-17(24(25,26)27)2-3-20(18)28-21/h2-3,13,15-16,19,28,30H,4-12,14H2,1H3/t15-,16-,19?/m1/s1. The molecule has 0 spiro atoms. The highest BCUT2D eigenvalue weighted by atomic mass is 19.4. The van der Waals surface area contributed by atoms with Crippen molar-refractivity contribution in [1.82, 2.24) is 9.88 Å². The summed E-state index contributed by atoms with van der Waals surface area (Å²) in [5, 5.41) is 11.5. The first-order chi connectivity index (χ1) is 14.7. The van der Waals surface area contributed by atoms with E-state index >= 15 is 0 Å². The number of H-pyrrole nitrogens is 1. The molecule has 3 heterocycles. The summed E-state index contributed by atoms with van der Waals surface area (Å²) < 4.78 is 45.3. The molecule has 2 saturated heterocycles. The van der Waals surface area contributed by atoms with Crippen molar-refractivity contribution in [1.29, 1.82) is 0 Å². The minimum atomic E-state index is -4.33. The number of ether oxygens (including phenoxy) is 1. The number of hydrogen-bond donors (Lipinski definition) is 2. The van der Waals surface area contributed by atoms with Gasteiger partial charge in [-0.2, -0.15) is 13.2 Å². The molecule has 31 heavy (non-hydrogen) atoms. The van der Waals surface area contributed by atoms with Crippen LogP contribution in [0, 0.1) is 11.8 Å². The molecule has 0 radical (unpaired) electrons. The van der Waals surface area contributed by atoms with Crippen molar-refractivity contribution in [3.8, 4) is 0 Å². The van der Waals surface area contributed by atoms with Crippen LogP contribution in [0.4, 0.5) is 13.2 Å². The molecule has 2 N–H and O–H groups in total. The Bertz CT molecular complexity index is 948. The first-order valence-corrected chi connectivity index (χ1v) is 11.5. The molecule has 2 aromatic rings. The minimum absolute atomic E-state index is 0.208. The largest absolute Gasteiger partial charge is 0.416 e. The SMILES string of the molecule is C[C@H]1c2c([nH]c3ccc(C(F)(F)F)cc23)C[C@H]2CCN(CCC3(O)CCOCC3)CC21. The van der Waals surface area contributed by atoms with E-state index < -0.39 is 17.3 Å². The van der Waals surface area contributed by atoms with Gasteiger partial charge in [0.15, 0.2) is 0 Å². The predicted octanol–water partition coefficient (Wildman–Crippen LogP) is 4.72. The lowest BCUT2D eigenvalue weighted by molar-refractivity contribution is -0.137. The van der Waals surface area contributed by atoms with Gasteiger partial charge in [-0.15, -0.1) is 0 Å². The molecule has 4 nitrogen and oxygen atoms in total. The lowest BCUT2D eigenvalue weighted by Gasteiger charge is -2.45. The summed E-state index contributed by atoms with van der Waals surface area (Å²) in [4.78, 5) is 5.87. The zero-order chi connectivity index (χ0) is 21.8. The van der Waals surface area contributed by atoms with E-state index in [2.05, 4.69) is 16.8 Å². The highest BCUT2D eigenvalue weighted by Gasteiger charge is 2.41. The van der Waals surface area contributed by atoms with Crippen LogP contribution >= 0.6 is 0 Å². The second-order valence-corrected chi connectivity index (χ2v) is 9.87. The predicted molar refractivity (Wildman–Crippen MR) is 113 cm³/mol. The van der Waals surface area contributed by atoms with Gasteiger partial charge < -0.3 is 19.7 Å². The van der Waals surface area contributed by atoms with Gasteiger partial charge in [0.2, 0.25) is 0 Å². The number of nitrogens with one attached hydrogen (secondary N) is 1. The van der Waals surface area contributed by atoms with Crippen molar-refractivity contribution in [2.75, 3.05) is 32.8 Å². The van der Waals surface area contributed by atoms with Crippen LogP contribution in [0.25, 0.3) is 10.9 Å². The van der Waals surface area contributed by atoms with Gasteiger partial charge in [-0.05, 0) is 80.2 Å². The molecule has 2 fully saturated rings. The quantitative estimate of drug-likeness (QED) is 0.732. The van der Waals surface area contributed by atoms with Gasteiger partial charge in [0.25, 0.3) is 0 Å². The fourth-order valence-electron chi connectivity index (χ4n) is 6.09. The summed E-state index contributed by atoms with van der Waals surface area (Å²) in [6.07, 6.45) is -0.165. The van der Waals surface area contributed by atoms with Crippen LogP contribution < -0.4 is 0 Å². The number of halogens is 3. The Balaban J connectivity index is 1.35. The van der Waals surface area contributed by atoms with Gasteiger partial charge in [-0.25, -0.2) is 0 Å². The van der Waals surface area contributed by atoms with Gasteiger partial charge in [-0.3, -0.25) is 0 Å². The average Bonchev–Trinajstić information content (AvgIpc) is 3.10. The fraction of sp³-hybridized carbons (Fsp3) is 0.667. The second kappa shape index (κ2) is 7.78. The van der Waals surface area contributed by atoms with Crippen LogP contribution in [0.5, 0.6) is 0 Å². The molecule has 1 unspecified atom stereocenters. The molecule has 3 aliphatic rings. The summed E-state index contributed by atoms with van der Waals surface area (Å²) >= 11 is 0. The average molecular weight is 437 g/mol.